The fourth-order valence-electron chi connectivity index (χ4n) is 2.66. The Labute approximate surface area is 138 Å². The Morgan fingerprint density at radius 3 is 2.50 bits per heavy atom. The van der Waals surface area contributed by atoms with Crippen molar-refractivity contribution in [3.05, 3.63) is 76.1 Å². The van der Waals surface area contributed by atoms with Crippen molar-refractivity contribution in [1.82, 2.24) is 0 Å². The van der Waals surface area contributed by atoms with Gasteiger partial charge in [0.05, 0.1) is 31.4 Å². The van der Waals surface area contributed by atoms with Gasteiger partial charge in [0.25, 0.3) is 0 Å². The first-order valence-electron chi connectivity index (χ1n) is 7.38. The predicted molar refractivity (Wildman–Crippen MR) is 89.3 cm³/mol. The third-order valence-corrected chi connectivity index (χ3v) is 3.89. The highest BCUT2D eigenvalue weighted by Crippen LogP contribution is 2.26. The number of carbonyl (C=O) groups excluding carboxylic acids is 1. The van der Waals surface area contributed by atoms with E-state index in [1.54, 1.807) is 42.5 Å². The van der Waals surface area contributed by atoms with E-state index in [1.807, 2.05) is 6.07 Å². The van der Waals surface area contributed by atoms with Gasteiger partial charge < -0.3 is 13.9 Å². The second-order valence-electron chi connectivity index (χ2n) is 5.25. The molecule has 1 unspecified atom stereocenters. The van der Waals surface area contributed by atoms with Crippen molar-refractivity contribution >= 4 is 16.9 Å². The SMILES string of the molecule is COC(=O)C(c1ccccc1)c1coc2cc(OC)ccc2c1=O. The molecule has 0 fully saturated rings. The van der Waals surface area contributed by atoms with Crippen molar-refractivity contribution < 1.29 is 18.7 Å². The lowest BCUT2D eigenvalue weighted by atomic mass is 9.92. The number of methoxy groups -OCH3 is 2. The van der Waals surface area contributed by atoms with Gasteiger partial charge in [0.15, 0.2) is 5.43 Å². The average Bonchev–Trinajstić information content (AvgIpc) is 2.64. The zero-order valence-corrected chi connectivity index (χ0v) is 13.3. The van der Waals surface area contributed by atoms with Gasteiger partial charge in [0.1, 0.15) is 17.3 Å². The van der Waals surface area contributed by atoms with E-state index in [4.69, 9.17) is 13.9 Å². The van der Waals surface area contributed by atoms with Gasteiger partial charge in [-0.05, 0) is 17.7 Å². The van der Waals surface area contributed by atoms with Gasteiger partial charge in [-0.1, -0.05) is 30.3 Å². The van der Waals surface area contributed by atoms with Crippen LogP contribution < -0.4 is 10.2 Å². The maximum atomic E-state index is 12.9. The van der Waals surface area contributed by atoms with Crippen molar-refractivity contribution in [3.8, 4) is 5.75 Å². The standard InChI is InChI=1S/C19H16O5/c1-22-13-8-9-14-16(10-13)24-11-15(18(14)20)17(19(21)23-2)12-6-4-3-5-7-12/h3-11,17H,1-2H3. The molecule has 0 amide bonds. The molecule has 0 aliphatic heterocycles. The maximum absolute atomic E-state index is 12.9. The minimum atomic E-state index is -0.834. The quantitative estimate of drug-likeness (QED) is 0.690. The summed E-state index contributed by atoms with van der Waals surface area (Å²) >= 11 is 0. The molecule has 3 aromatic rings. The molecule has 1 atom stereocenters. The number of benzene rings is 2. The minimum Gasteiger partial charge on any atom is -0.497 e. The molecule has 0 aliphatic carbocycles. The first kappa shape index (κ1) is 15.8. The van der Waals surface area contributed by atoms with Gasteiger partial charge in [-0.3, -0.25) is 9.59 Å². The van der Waals surface area contributed by atoms with E-state index >= 15 is 0 Å². The highest BCUT2D eigenvalue weighted by atomic mass is 16.5. The highest BCUT2D eigenvalue weighted by molar-refractivity contribution is 5.85. The molecule has 0 aliphatic rings. The molecule has 0 spiro atoms. The second kappa shape index (κ2) is 6.58. The summed E-state index contributed by atoms with van der Waals surface area (Å²) in [5, 5.41) is 0.387. The zero-order valence-electron chi connectivity index (χ0n) is 13.3. The van der Waals surface area contributed by atoms with E-state index in [0.29, 0.717) is 22.3 Å². The lowest BCUT2D eigenvalue weighted by molar-refractivity contribution is -0.141. The molecule has 122 valence electrons. The van der Waals surface area contributed by atoms with Crippen LogP contribution in [0.4, 0.5) is 0 Å². The summed E-state index contributed by atoms with van der Waals surface area (Å²) < 4.78 is 15.6. The Balaban J connectivity index is 2.20. The number of esters is 1. The molecule has 24 heavy (non-hydrogen) atoms. The molecule has 3 rings (SSSR count). The van der Waals surface area contributed by atoms with Gasteiger partial charge in [-0.2, -0.15) is 0 Å². The summed E-state index contributed by atoms with van der Waals surface area (Å²) in [6.45, 7) is 0. The molecule has 0 N–H and O–H groups in total. The van der Waals surface area contributed by atoms with Gasteiger partial charge in [-0.15, -0.1) is 0 Å². The molecule has 0 saturated heterocycles. The normalized spacial score (nSPS) is 11.9. The van der Waals surface area contributed by atoms with Gasteiger partial charge in [0, 0.05) is 6.07 Å². The Morgan fingerprint density at radius 2 is 1.83 bits per heavy atom. The Morgan fingerprint density at radius 1 is 1.08 bits per heavy atom. The summed E-state index contributed by atoms with van der Waals surface area (Å²) in [4.78, 5) is 25.1. The van der Waals surface area contributed by atoms with E-state index in [0.717, 1.165) is 0 Å². The largest absolute Gasteiger partial charge is 0.497 e. The first-order valence-corrected chi connectivity index (χ1v) is 7.38. The van der Waals surface area contributed by atoms with Gasteiger partial charge in [0.2, 0.25) is 0 Å². The van der Waals surface area contributed by atoms with Gasteiger partial charge in [-0.25, -0.2) is 0 Å². The summed E-state index contributed by atoms with van der Waals surface area (Å²) in [5.74, 6) is -0.758. The lowest BCUT2D eigenvalue weighted by Crippen LogP contribution is -2.22. The number of hydrogen-bond acceptors (Lipinski definition) is 5. The van der Waals surface area contributed by atoms with Crippen LogP contribution in [0.3, 0.4) is 0 Å². The molecular formula is C19H16O5. The van der Waals surface area contributed by atoms with Crippen LogP contribution in [0.15, 0.2) is 64.0 Å². The fraction of sp³-hybridized carbons (Fsp3) is 0.158. The number of rotatable bonds is 4. The summed E-state index contributed by atoms with van der Waals surface area (Å²) in [5.41, 5.74) is 1.05. The van der Waals surface area contributed by atoms with Crippen LogP contribution in [0.2, 0.25) is 0 Å². The minimum absolute atomic E-state index is 0.241. The van der Waals surface area contributed by atoms with Crippen molar-refractivity contribution in [2.45, 2.75) is 5.92 Å². The Kier molecular flexibility index (Phi) is 4.33. The van der Waals surface area contributed by atoms with E-state index in [1.165, 1.54) is 20.5 Å². The topological polar surface area (TPSA) is 65.7 Å². The second-order valence-corrected chi connectivity index (χ2v) is 5.25. The molecule has 5 heteroatoms. The molecule has 0 saturated carbocycles. The summed E-state index contributed by atoms with van der Waals surface area (Å²) in [6, 6.07) is 13.9. The van der Waals surface area contributed by atoms with Crippen molar-refractivity contribution in [1.29, 1.82) is 0 Å². The van der Waals surface area contributed by atoms with E-state index < -0.39 is 11.9 Å². The Hall–Kier alpha value is -3.08. The van der Waals surface area contributed by atoms with Gasteiger partial charge >= 0.3 is 5.97 Å². The van der Waals surface area contributed by atoms with Crippen molar-refractivity contribution in [2.75, 3.05) is 14.2 Å². The highest BCUT2D eigenvalue weighted by Gasteiger charge is 2.27. The number of ether oxygens (including phenoxy) is 2. The van der Waals surface area contributed by atoms with Crippen LogP contribution in [-0.2, 0) is 9.53 Å². The summed E-state index contributed by atoms with van der Waals surface area (Å²) in [6.07, 6.45) is 1.32. The van der Waals surface area contributed by atoms with Crippen LogP contribution in [0.25, 0.3) is 11.0 Å². The lowest BCUT2D eigenvalue weighted by Gasteiger charge is -2.15. The smallest absolute Gasteiger partial charge is 0.317 e. The van der Waals surface area contributed by atoms with Crippen LogP contribution in [0.1, 0.15) is 17.0 Å². The Bertz CT molecular complexity index is 927. The molecule has 1 aromatic heterocycles. The van der Waals surface area contributed by atoms with E-state index in [9.17, 15) is 9.59 Å². The number of carbonyl (C=O) groups is 1. The molecular weight excluding hydrogens is 308 g/mol. The molecule has 5 nitrogen and oxygen atoms in total. The monoisotopic (exact) mass is 324 g/mol. The number of fused-ring (bicyclic) bond motifs is 1. The van der Waals surface area contributed by atoms with Crippen LogP contribution >= 0.6 is 0 Å². The van der Waals surface area contributed by atoms with Crippen molar-refractivity contribution in [2.24, 2.45) is 0 Å². The zero-order chi connectivity index (χ0) is 17.1. The van der Waals surface area contributed by atoms with E-state index in [2.05, 4.69) is 0 Å². The van der Waals surface area contributed by atoms with E-state index in [-0.39, 0.29) is 11.0 Å². The third-order valence-electron chi connectivity index (χ3n) is 3.89. The molecule has 0 bridgehead atoms. The predicted octanol–water partition coefficient (Wildman–Crippen LogP) is 3.11. The molecule has 2 aromatic carbocycles. The van der Waals surface area contributed by atoms with Crippen LogP contribution in [0, 0.1) is 0 Å². The summed E-state index contributed by atoms with van der Waals surface area (Å²) in [7, 11) is 2.84. The average molecular weight is 324 g/mol. The van der Waals surface area contributed by atoms with Crippen molar-refractivity contribution in [3.63, 3.8) is 0 Å². The fourth-order valence-corrected chi connectivity index (χ4v) is 2.66. The van der Waals surface area contributed by atoms with Crippen LogP contribution in [0.5, 0.6) is 5.75 Å². The molecule has 0 radical (unpaired) electrons. The first-order chi connectivity index (χ1) is 11.7. The number of hydrogen-bond donors (Lipinski definition) is 0. The third kappa shape index (κ3) is 2.76. The maximum Gasteiger partial charge on any atom is 0.317 e. The molecule has 1 heterocycles. The van der Waals surface area contributed by atoms with Crippen LogP contribution in [-0.4, -0.2) is 20.2 Å².